The standard InChI is InChI=1S/C20H24FN5O2/c1-23(2)20(28)26-11-14-10-25(19(27)18-22-7-8-24(18)3)12-16(14)17(26)13-5-4-6-15(21)9-13/h4-9,14,16-17H,10-12H2,1-3H3/t14-,16-,17-/m1/s1. The van der Waals surface area contributed by atoms with Gasteiger partial charge in [-0.3, -0.25) is 4.79 Å². The number of carbonyl (C=O) groups is 2. The molecule has 28 heavy (non-hydrogen) atoms. The van der Waals surface area contributed by atoms with E-state index in [1.165, 1.54) is 12.1 Å². The maximum atomic E-state index is 13.9. The predicted molar refractivity (Wildman–Crippen MR) is 101 cm³/mol. The van der Waals surface area contributed by atoms with E-state index in [0.717, 1.165) is 5.56 Å². The van der Waals surface area contributed by atoms with Gasteiger partial charge in [0.2, 0.25) is 0 Å². The van der Waals surface area contributed by atoms with Crippen molar-refractivity contribution < 1.29 is 14.0 Å². The molecule has 3 heterocycles. The number of aromatic nitrogens is 2. The molecular weight excluding hydrogens is 361 g/mol. The molecule has 0 aliphatic carbocycles. The summed E-state index contributed by atoms with van der Waals surface area (Å²) in [6.45, 7) is 1.64. The third-order valence-electron chi connectivity index (χ3n) is 5.78. The number of aryl methyl sites for hydroxylation is 1. The van der Waals surface area contributed by atoms with E-state index in [0.29, 0.717) is 25.5 Å². The maximum absolute atomic E-state index is 13.9. The topological polar surface area (TPSA) is 61.7 Å². The van der Waals surface area contributed by atoms with Gasteiger partial charge in [-0.2, -0.15) is 0 Å². The Labute approximate surface area is 163 Å². The summed E-state index contributed by atoms with van der Waals surface area (Å²) in [6, 6.07) is 6.07. The van der Waals surface area contributed by atoms with Crippen LogP contribution in [0.2, 0.25) is 0 Å². The number of carbonyl (C=O) groups excluding carboxylic acids is 2. The van der Waals surface area contributed by atoms with Crippen LogP contribution in [0.4, 0.5) is 9.18 Å². The Hall–Kier alpha value is -2.90. The summed E-state index contributed by atoms with van der Waals surface area (Å²) in [5.41, 5.74) is 0.772. The van der Waals surface area contributed by atoms with Crippen molar-refractivity contribution in [2.75, 3.05) is 33.7 Å². The van der Waals surface area contributed by atoms with Gasteiger partial charge in [-0.1, -0.05) is 12.1 Å². The van der Waals surface area contributed by atoms with Crippen LogP contribution in [0, 0.1) is 17.7 Å². The zero-order chi connectivity index (χ0) is 20.0. The van der Waals surface area contributed by atoms with Crippen molar-refractivity contribution in [2.24, 2.45) is 18.9 Å². The van der Waals surface area contributed by atoms with Crippen LogP contribution >= 0.6 is 0 Å². The SMILES string of the molecule is CN(C)C(=O)N1C[C@H]2CN(C(=O)c3nccn3C)C[C@H]2[C@H]1c1cccc(F)c1. The molecule has 0 radical (unpaired) electrons. The number of urea groups is 1. The molecule has 3 atom stereocenters. The summed E-state index contributed by atoms with van der Waals surface area (Å²) >= 11 is 0. The highest BCUT2D eigenvalue weighted by Crippen LogP contribution is 2.45. The minimum absolute atomic E-state index is 0.0647. The summed E-state index contributed by atoms with van der Waals surface area (Å²) in [5, 5.41) is 0. The highest BCUT2D eigenvalue weighted by molar-refractivity contribution is 5.91. The van der Waals surface area contributed by atoms with Crippen molar-refractivity contribution >= 4 is 11.9 Å². The van der Waals surface area contributed by atoms with E-state index in [-0.39, 0.29) is 35.6 Å². The van der Waals surface area contributed by atoms with E-state index in [1.807, 2.05) is 11.0 Å². The Morgan fingerprint density at radius 2 is 2.00 bits per heavy atom. The minimum Gasteiger partial charge on any atom is -0.335 e. The number of halogens is 1. The molecule has 2 fully saturated rings. The van der Waals surface area contributed by atoms with E-state index >= 15 is 0 Å². The van der Waals surface area contributed by atoms with Crippen LogP contribution in [0.15, 0.2) is 36.7 Å². The molecule has 0 spiro atoms. The van der Waals surface area contributed by atoms with Crippen molar-refractivity contribution in [1.82, 2.24) is 24.3 Å². The van der Waals surface area contributed by atoms with Gasteiger partial charge in [0.25, 0.3) is 5.91 Å². The molecule has 8 heteroatoms. The van der Waals surface area contributed by atoms with Crippen LogP contribution in [-0.4, -0.2) is 69.9 Å². The van der Waals surface area contributed by atoms with E-state index in [4.69, 9.17) is 0 Å². The van der Waals surface area contributed by atoms with Gasteiger partial charge < -0.3 is 19.3 Å². The number of rotatable bonds is 2. The molecule has 0 unspecified atom stereocenters. The molecule has 2 aromatic rings. The van der Waals surface area contributed by atoms with E-state index < -0.39 is 0 Å². The lowest BCUT2D eigenvalue weighted by atomic mass is 9.89. The third-order valence-corrected chi connectivity index (χ3v) is 5.78. The fourth-order valence-corrected chi connectivity index (χ4v) is 4.50. The van der Waals surface area contributed by atoms with Gasteiger partial charge >= 0.3 is 6.03 Å². The van der Waals surface area contributed by atoms with Crippen LogP contribution in [-0.2, 0) is 7.05 Å². The number of likely N-dealkylation sites (tertiary alicyclic amines) is 2. The Balaban J connectivity index is 1.63. The molecule has 2 aliphatic heterocycles. The van der Waals surface area contributed by atoms with Gasteiger partial charge in [0.15, 0.2) is 5.82 Å². The van der Waals surface area contributed by atoms with Crippen molar-refractivity contribution in [3.63, 3.8) is 0 Å². The van der Waals surface area contributed by atoms with Crippen LogP contribution in [0.1, 0.15) is 22.2 Å². The van der Waals surface area contributed by atoms with E-state index in [2.05, 4.69) is 4.98 Å². The first kappa shape index (κ1) is 18.5. The van der Waals surface area contributed by atoms with Crippen LogP contribution in [0.5, 0.6) is 0 Å². The van der Waals surface area contributed by atoms with Crippen molar-refractivity contribution in [1.29, 1.82) is 0 Å². The Morgan fingerprint density at radius 3 is 2.64 bits per heavy atom. The maximum Gasteiger partial charge on any atom is 0.320 e. The molecule has 0 bridgehead atoms. The van der Waals surface area contributed by atoms with Gasteiger partial charge in [0.1, 0.15) is 5.82 Å². The predicted octanol–water partition coefficient (Wildman–Crippen LogP) is 1.99. The van der Waals surface area contributed by atoms with Gasteiger partial charge in [-0.25, -0.2) is 14.2 Å². The van der Waals surface area contributed by atoms with Crippen LogP contribution in [0.25, 0.3) is 0 Å². The number of nitrogens with zero attached hydrogens (tertiary/aromatic N) is 5. The number of hydrogen-bond acceptors (Lipinski definition) is 3. The Morgan fingerprint density at radius 1 is 1.21 bits per heavy atom. The van der Waals surface area contributed by atoms with Crippen molar-refractivity contribution in [3.8, 4) is 0 Å². The lowest BCUT2D eigenvalue weighted by Gasteiger charge is -2.31. The van der Waals surface area contributed by atoms with Crippen molar-refractivity contribution in [2.45, 2.75) is 6.04 Å². The molecule has 1 aromatic heterocycles. The first-order chi connectivity index (χ1) is 13.4. The number of amides is 3. The molecule has 4 rings (SSSR count). The summed E-state index contributed by atoms with van der Waals surface area (Å²) in [5.74, 6) is 0.197. The Kier molecular flexibility index (Phi) is 4.56. The average molecular weight is 385 g/mol. The van der Waals surface area contributed by atoms with Gasteiger partial charge in [-0.15, -0.1) is 0 Å². The second-order valence-electron chi connectivity index (χ2n) is 7.83. The molecule has 0 N–H and O–H groups in total. The lowest BCUT2D eigenvalue weighted by molar-refractivity contribution is 0.0751. The molecular formula is C20H24FN5O2. The monoisotopic (exact) mass is 385 g/mol. The normalized spacial score (nSPS) is 23.8. The van der Waals surface area contributed by atoms with Crippen LogP contribution < -0.4 is 0 Å². The number of hydrogen-bond donors (Lipinski definition) is 0. The third kappa shape index (κ3) is 3.02. The average Bonchev–Trinajstić information content (AvgIpc) is 3.33. The van der Waals surface area contributed by atoms with Gasteiger partial charge in [-0.05, 0) is 17.7 Å². The number of fused-ring (bicyclic) bond motifs is 1. The molecule has 148 valence electrons. The smallest absolute Gasteiger partial charge is 0.320 e. The molecule has 7 nitrogen and oxygen atoms in total. The van der Waals surface area contributed by atoms with E-state index in [9.17, 15) is 14.0 Å². The number of benzene rings is 1. The van der Waals surface area contributed by atoms with Crippen molar-refractivity contribution in [3.05, 3.63) is 53.9 Å². The fourth-order valence-electron chi connectivity index (χ4n) is 4.50. The van der Waals surface area contributed by atoms with Gasteiger partial charge in [0, 0.05) is 65.0 Å². The molecule has 3 amide bonds. The largest absolute Gasteiger partial charge is 0.335 e. The summed E-state index contributed by atoms with van der Waals surface area (Å²) in [6.07, 6.45) is 3.36. The highest BCUT2D eigenvalue weighted by Gasteiger charge is 2.50. The molecule has 1 aromatic carbocycles. The Bertz CT molecular complexity index is 912. The summed E-state index contributed by atoms with van der Waals surface area (Å²) in [7, 11) is 5.23. The zero-order valence-corrected chi connectivity index (χ0v) is 16.2. The fraction of sp³-hybridized carbons (Fsp3) is 0.450. The number of imidazole rings is 1. The lowest BCUT2D eigenvalue weighted by Crippen LogP contribution is -2.42. The zero-order valence-electron chi connectivity index (χ0n) is 16.2. The second kappa shape index (κ2) is 6.92. The van der Waals surface area contributed by atoms with E-state index in [1.54, 1.807) is 54.0 Å². The minimum atomic E-state index is -0.322. The molecule has 2 aliphatic rings. The molecule has 2 saturated heterocycles. The van der Waals surface area contributed by atoms with Crippen LogP contribution in [0.3, 0.4) is 0 Å². The second-order valence-corrected chi connectivity index (χ2v) is 7.83. The first-order valence-electron chi connectivity index (χ1n) is 9.36. The summed E-state index contributed by atoms with van der Waals surface area (Å²) in [4.78, 5) is 35.0. The van der Waals surface area contributed by atoms with Gasteiger partial charge in [0.05, 0.1) is 6.04 Å². The quantitative estimate of drug-likeness (QED) is 0.794. The highest BCUT2D eigenvalue weighted by atomic mass is 19.1. The molecule has 0 saturated carbocycles. The first-order valence-corrected chi connectivity index (χ1v) is 9.36. The summed E-state index contributed by atoms with van der Waals surface area (Å²) < 4.78 is 15.6.